The Balaban J connectivity index is 1.93. The summed E-state index contributed by atoms with van der Waals surface area (Å²) in [4.78, 5) is 6.62. The van der Waals surface area contributed by atoms with E-state index in [0.29, 0.717) is 11.3 Å². The molecule has 0 fully saturated rings. The van der Waals surface area contributed by atoms with E-state index in [2.05, 4.69) is 9.97 Å². The summed E-state index contributed by atoms with van der Waals surface area (Å²) in [6, 6.07) is 14.1. The van der Waals surface area contributed by atoms with Crippen LogP contribution in [0.2, 0.25) is 0 Å². The van der Waals surface area contributed by atoms with Crippen molar-refractivity contribution < 1.29 is 22.7 Å². The molecule has 3 heterocycles. The zero-order valence-electron chi connectivity index (χ0n) is 17.9. The van der Waals surface area contributed by atoms with Crippen LogP contribution in [0.25, 0.3) is 33.3 Å². The molecule has 3 N–H and O–H groups in total. The normalized spacial score (nSPS) is 11.5. The van der Waals surface area contributed by atoms with E-state index in [1.54, 1.807) is 30.3 Å². The number of hydrogen-bond acceptors (Lipinski definition) is 9. The fourth-order valence-corrected chi connectivity index (χ4v) is 5.94. The number of phenolic OH excluding ortho intramolecular Hbond substituents is 1. The van der Waals surface area contributed by atoms with Crippen molar-refractivity contribution in [2.45, 2.75) is 4.90 Å². The number of aromatic hydroxyl groups is 1. The highest BCUT2D eigenvalue weighted by atomic mass is 32.2. The lowest BCUT2D eigenvalue weighted by molar-refractivity contribution is 0.415. The Bertz CT molecular complexity index is 1910. The second-order valence-electron chi connectivity index (χ2n) is 7.38. The van der Waals surface area contributed by atoms with Gasteiger partial charge in [-0.25, -0.2) is 12.4 Å². The zero-order chi connectivity index (χ0) is 24.9. The molecule has 5 rings (SSSR count). The van der Waals surface area contributed by atoms with Crippen molar-refractivity contribution >= 4 is 44.4 Å². The second kappa shape index (κ2) is 8.08. The molecule has 3 aromatic heterocycles. The van der Waals surface area contributed by atoms with Crippen LogP contribution in [0.5, 0.6) is 11.5 Å². The number of nitrogens with zero attached hydrogens (tertiary/aromatic N) is 3. The first-order valence-electron chi connectivity index (χ1n) is 10.0. The molecule has 0 saturated heterocycles. The van der Waals surface area contributed by atoms with E-state index in [4.69, 9.17) is 26.8 Å². The third kappa shape index (κ3) is 3.37. The van der Waals surface area contributed by atoms with E-state index in [-0.39, 0.29) is 48.7 Å². The van der Waals surface area contributed by atoms with Crippen molar-refractivity contribution in [1.82, 2.24) is 13.9 Å². The summed E-state index contributed by atoms with van der Waals surface area (Å²) in [5, 5.41) is 28.4. The van der Waals surface area contributed by atoms with Gasteiger partial charge in [0.1, 0.15) is 34.2 Å². The Morgan fingerprint density at radius 1 is 1.23 bits per heavy atom. The number of benzene rings is 2. The summed E-state index contributed by atoms with van der Waals surface area (Å²) in [7, 11) is -2.90. The summed E-state index contributed by atoms with van der Waals surface area (Å²) >= 11 is 5.36. The van der Waals surface area contributed by atoms with Gasteiger partial charge in [-0.15, -0.1) is 0 Å². The van der Waals surface area contributed by atoms with Crippen LogP contribution in [0.1, 0.15) is 5.56 Å². The van der Waals surface area contributed by atoms with Crippen molar-refractivity contribution in [3.05, 3.63) is 70.6 Å². The van der Waals surface area contributed by atoms with Crippen molar-refractivity contribution in [1.29, 1.82) is 10.7 Å². The Morgan fingerprint density at radius 3 is 2.66 bits per heavy atom. The largest absolute Gasteiger partial charge is 0.506 e. The van der Waals surface area contributed by atoms with Gasteiger partial charge in [0.15, 0.2) is 4.77 Å². The number of nitriles is 1. The molecule has 35 heavy (non-hydrogen) atoms. The molecule has 0 aliphatic heterocycles. The lowest BCUT2D eigenvalue weighted by Gasteiger charge is -2.13. The van der Waals surface area contributed by atoms with E-state index >= 15 is 0 Å². The van der Waals surface area contributed by atoms with Gasteiger partial charge in [-0.2, -0.15) is 5.26 Å². The van der Waals surface area contributed by atoms with E-state index in [9.17, 15) is 18.8 Å². The lowest BCUT2D eigenvalue weighted by Crippen LogP contribution is -2.16. The molecular formula is C23H15N5O5S2. The zero-order valence-corrected chi connectivity index (χ0v) is 19.6. The minimum absolute atomic E-state index is 0.0298. The van der Waals surface area contributed by atoms with Crippen molar-refractivity contribution in [2.75, 3.05) is 7.11 Å². The average molecular weight is 506 g/mol. The number of hydrogen-bond donors (Lipinski definition) is 3. The molecule has 5 aromatic rings. The molecule has 0 aliphatic carbocycles. The van der Waals surface area contributed by atoms with Crippen LogP contribution in [0, 0.1) is 21.5 Å². The van der Waals surface area contributed by atoms with E-state index in [1.807, 2.05) is 6.07 Å². The first-order chi connectivity index (χ1) is 16.8. The Morgan fingerprint density at radius 2 is 1.97 bits per heavy atom. The number of H-pyrrole nitrogens is 1. The number of nitrogens with one attached hydrogen (secondary N) is 2. The fourth-order valence-electron chi connectivity index (χ4n) is 3.90. The number of ether oxygens (including phenoxy) is 1. The summed E-state index contributed by atoms with van der Waals surface area (Å²) in [5.74, 6) is 0.374. The average Bonchev–Trinajstić information content (AvgIpc) is 3.19. The second-order valence-corrected chi connectivity index (χ2v) is 9.52. The molecule has 0 spiro atoms. The maximum absolute atomic E-state index is 14.0. The highest BCUT2D eigenvalue weighted by molar-refractivity contribution is 7.90. The molecule has 0 bridgehead atoms. The van der Waals surface area contributed by atoms with Crippen LogP contribution >= 0.6 is 12.2 Å². The van der Waals surface area contributed by atoms with Gasteiger partial charge in [-0.3, -0.25) is 15.4 Å². The standard InChI is InChI=1S/C23H15N5O5S2/c1-32-13-6-4-12(5-7-13)18-15(11-24)21(25)33-22-20(18)28(23(34)27-22)35(30,31)17-9-8-16(29)19-14(17)3-2-10-26-19/h2-10,25,29H,1H3,(H,27,34). The van der Waals surface area contributed by atoms with Crippen LogP contribution in [0.15, 0.2) is 64.0 Å². The van der Waals surface area contributed by atoms with Crippen LogP contribution in [-0.2, 0) is 10.0 Å². The maximum Gasteiger partial charge on any atom is 0.271 e. The monoisotopic (exact) mass is 505 g/mol. The first kappa shape index (κ1) is 22.3. The predicted molar refractivity (Wildman–Crippen MR) is 128 cm³/mol. The van der Waals surface area contributed by atoms with Crippen LogP contribution in [0.4, 0.5) is 0 Å². The summed E-state index contributed by atoms with van der Waals surface area (Å²) < 4.78 is 39.3. The highest BCUT2D eigenvalue weighted by Gasteiger charge is 2.29. The number of methoxy groups -OCH3 is 1. The number of phenols is 1. The number of aromatic amines is 1. The van der Waals surface area contributed by atoms with Gasteiger partial charge in [-0.1, -0.05) is 12.1 Å². The van der Waals surface area contributed by atoms with E-state index < -0.39 is 15.6 Å². The maximum atomic E-state index is 14.0. The molecule has 2 aromatic carbocycles. The minimum Gasteiger partial charge on any atom is -0.506 e. The molecule has 0 unspecified atom stereocenters. The summed E-state index contributed by atoms with van der Waals surface area (Å²) in [6.45, 7) is 0. The summed E-state index contributed by atoms with van der Waals surface area (Å²) in [5.41, 5.74) is -0.0345. The first-order valence-corrected chi connectivity index (χ1v) is 11.9. The van der Waals surface area contributed by atoms with Gasteiger partial charge in [-0.05, 0) is 54.2 Å². The molecule has 0 radical (unpaired) electrons. The van der Waals surface area contributed by atoms with Crippen LogP contribution < -0.4 is 10.3 Å². The number of fused-ring (bicyclic) bond motifs is 2. The summed E-state index contributed by atoms with van der Waals surface area (Å²) in [6.07, 6.45) is 1.44. The van der Waals surface area contributed by atoms with Crippen LogP contribution in [0.3, 0.4) is 0 Å². The van der Waals surface area contributed by atoms with Gasteiger partial charge in [0.2, 0.25) is 11.3 Å². The smallest absolute Gasteiger partial charge is 0.271 e. The lowest BCUT2D eigenvalue weighted by atomic mass is 10.0. The molecule has 0 amide bonds. The molecule has 10 nitrogen and oxygen atoms in total. The predicted octanol–water partition coefficient (Wildman–Crippen LogP) is 3.81. The fraction of sp³-hybridized carbons (Fsp3) is 0.0435. The molecule has 12 heteroatoms. The number of rotatable bonds is 4. The van der Waals surface area contributed by atoms with E-state index in [1.165, 1.54) is 31.5 Å². The Kier molecular flexibility index (Phi) is 5.16. The van der Waals surface area contributed by atoms with Gasteiger partial charge in [0.25, 0.3) is 10.0 Å². The molecule has 174 valence electrons. The van der Waals surface area contributed by atoms with Gasteiger partial charge in [0, 0.05) is 17.1 Å². The molecule has 0 saturated carbocycles. The van der Waals surface area contributed by atoms with Crippen molar-refractivity contribution in [3.8, 4) is 28.7 Å². The third-order valence-corrected chi connectivity index (χ3v) is 7.62. The highest BCUT2D eigenvalue weighted by Crippen LogP contribution is 2.35. The topological polar surface area (TPSA) is 158 Å². The quantitative estimate of drug-likeness (QED) is 0.311. The van der Waals surface area contributed by atoms with Crippen molar-refractivity contribution in [2.24, 2.45) is 0 Å². The van der Waals surface area contributed by atoms with Gasteiger partial charge >= 0.3 is 0 Å². The third-order valence-electron chi connectivity index (χ3n) is 5.46. The number of aromatic nitrogens is 3. The molecule has 0 atom stereocenters. The SMILES string of the molecule is COc1ccc(-c2c(C#N)c(=N)oc3[nH]c(=S)n(S(=O)(=O)c4ccc(O)c5ncccc45)c23)cc1. The number of imidazole rings is 1. The van der Waals surface area contributed by atoms with Gasteiger partial charge in [0.05, 0.1) is 12.0 Å². The van der Waals surface area contributed by atoms with Gasteiger partial charge < -0.3 is 14.3 Å². The molecular weight excluding hydrogens is 490 g/mol. The number of pyridine rings is 1. The van der Waals surface area contributed by atoms with Crippen LogP contribution in [-0.4, -0.2) is 34.6 Å². The minimum atomic E-state index is -4.40. The van der Waals surface area contributed by atoms with Crippen molar-refractivity contribution in [3.63, 3.8) is 0 Å². The van der Waals surface area contributed by atoms with E-state index in [0.717, 1.165) is 3.97 Å². The Hall–Kier alpha value is -4.47. The Labute approximate surface area is 202 Å². The molecule has 0 aliphatic rings.